The topological polar surface area (TPSA) is 49.3 Å². The summed E-state index contributed by atoms with van der Waals surface area (Å²) in [6, 6.07) is 4.12. The molecule has 0 aliphatic rings. The summed E-state index contributed by atoms with van der Waals surface area (Å²) >= 11 is 0. The third-order valence-corrected chi connectivity index (χ3v) is 3.21. The molecule has 0 radical (unpaired) electrons. The number of amides is 1. The first-order valence-electron chi connectivity index (χ1n) is 6.72. The third kappa shape index (κ3) is 5.75. The van der Waals surface area contributed by atoms with Crippen molar-refractivity contribution < 1.29 is 23.1 Å². The van der Waals surface area contributed by atoms with Crippen LogP contribution in [0.2, 0.25) is 0 Å². The SMILES string of the molecule is CC(C)(CCCO)CNC(=O)c1ccc(C(F)(F)F)cc1. The van der Waals surface area contributed by atoms with Gasteiger partial charge in [0.15, 0.2) is 0 Å². The molecule has 1 aromatic rings. The van der Waals surface area contributed by atoms with Crippen molar-refractivity contribution in [3.05, 3.63) is 35.4 Å². The van der Waals surface area contributed by atoms with Crippen LogP contribution in [0, 0.1) is 5.41 Å². The second-order valence-corrected chi connectivity index (χ2v) is 5.75. The zero-order valence-electron chi connectivity index (χ0n) is 12.1. The van der Waals surface area contributed by atoms with Crippen LogP contribution in [-0.2, 0) is 6.18 Å². The summed E-state index contributed by atoms with van der Waals surface area (Å²) in [5.74, 6) is -0.402. The summed E-state index contributed by atoms with van der Waals surface area (Å²) in [5.41, 5.74) is -0.757. The van der Waals surface area contributed by atoms with Crippen LogP contribution in [-0.4, -0.2) is 24.2 Å². The Kier molecular flexibility index (Phi) is 5.78. The van der Waals surface area contributed by atoms with Gasteiger partial charge in [0.1, 0.15) is 0 Å². The van der Waals surface area contributed by atoms with Gasteiger partial charge in [0.2, 0.25) is 0 Å². The van der Waals surface area contributed by atoms with Crippen molar-refractivity contribution in [2.45, 2.75) is 32.9 Å². The van der Waals surface area contributed by atoms with Gasteiger partial charge in [0, 0.05) is 18.7 Å². The summed E-state index contributed by atoms with van der Waals surface area (Å²) in [4.78, 5) is 11.9. The molecule has 0 saturated carbocycles. The predicted molar refractivity (Wildman–Crippen MR) is 73.9 cm³/mol. The zero-order chi connectivity index (χ0) is 16.1. The lowest BCUT2D eigenvalue weighted by molar-refractivity contribution is -0.137. The van der Waals surface area contributed by atoms with Crippen molar-refractivity contribution in [1.82, 2.24) is 5.32 Å². The highest BCUT2D eigenvalue weighted by molar-refractivity contribution is 5.94. The Morgan fingerprint density at radius 3 is 2.24 bits per heavy atom. The van der Waals surface area contributed by atoms with E-state index in [1.54, 1.807) is 0 Å². The summed E-state index contributed by atoms with van der Waals surface area (Å²) < 4.78 is 37.3. The van der Waals surface area contributed by atoms with E-state index in [0.29, 0.717) is 13.0 Å². The number of halogens is 3. The van der Waals surface area contributed by atoms with E-state index in [1.807, 2.05) is 13.8 Å². The van der Waals surface area contributed by atoms with E-state index in [4.69, 9.17) is 5.11 Å². The second-order valence-electron chi connectivity index (χ2n) is 5.75. The van der Waals surface area contributed by atoms with Crippen LogP contribution in [0.4, 0.5) is 13.2 Å². The average molecular weight is 303 g/mol. The maximum Gasteiger partial charge on any atom is 0.416 e. The summed E-state index contributed by atoms with van der Waals surface area (Å²) in [7, 11) is 0. The molecule has 0 aliphatic heterocycles. The molecule has 2 N–H and O–H groups in total. The monoisotopic (exact) mass is 303 g/mol. The van der Waals surface area contributed by atoms with Gasteiger partial charge in [-0.05, 0) is 42.5 Å². The van der Waals surface area contributed by atoms with Gasteiger partial charge >= 0.3 is 6.18 Å². The molecular formula is C15H20F3NO2. The van der Waals surface area contributed by atoms with Crippen LogP contribution in [0.3, 0.4) is 0 Å². The molecule has 0 unspecified atom stereocenters. The fraction of sp³-hybridized carbons (Fsp3) is 0.533. The number of alkyl halides is 3. The number of nitrogens with one attached hydrogen (secondary N) is 1. The fourth-order valence-electron chi connectivity index (χ4n) is 1.88. The quantitative estimate of drug-likeness (QED) is 0.847. The molecule has 0 saturated heterocycles. The number of hydrogen-bond donors (Lipinski definition) is 2. The van der Waals surface area contributed by atoms with Gasteiger partial charge in [-0.25, -0.2) is 0 Å². The van der Waals surface area contributed by atoms with E-state index in [9.17, 15) is 18.0 Å². The molecule has 0 heterocycles. The lowest BCUT2D eigenvalue weighted by Gasteiger charge is -2.24. The zero-order valence-corrected chi connectivity index (χ0v) is 12.1. The van der Waals surface area contributed by atoms with Crippen molar-refractivity contribution >= 4 is 5.91 Å². The summed E-state index contributed by atoms with van der Waals surface area (Å²) in [6.45, 7) is 4.40. The maximum atomic E-state index is 12.4. The Bertz CT molecular complexity index is 467. The molecule has 6 heteroatoms. The van der Waals surface area contributed by atoms with Crippen molar-refractivity contribution in [1.29, 1.82) is 0 Å². The van der Waals surface area contributed by atoms with E-state index in [0.717, 1.165) is 18.6 Å². The first-order chi connectivity index (χ1) is 9.65. The van der Waals surface area contributed by atoms with Crippen molar-refractivity contribution in [2.24, 2.45) is 5.41 Å². The number of benzene rings is 1. The molecule has 0 fully saturated rings. The van der Waals surface area contributed by atoms with Gasteiger partial charge in [0.05, 0.1) is 5.56 Å². The number of carbonyl (C=O) groups is 1. The first-order valence-corrected chi connectivity index (χ1v) is 6.72. The minimum Gasteiger partial charge on any atom is -0.396 e. The number of aliphatic hydroxyl groups excluding tert-OH is 1. The molecule has 0 spiro atoms. The van der Waals surface area contributed by atoms with Crippen LogP contribution in [0.15, 0.2) is 24.3 Å². The third-order valence-electron chi connectivity index (χ3n) is 3.21. The Morgan fingerprint density at radius 1 is 1.19 bits per heavy atom. The van der Waals surface area contributed by atoms with Crippen LogP contribution >= 0.6 is 0 Å². The van der Waals surface area contributed by atoms with Gasteiger partial charge in [0.25, 0.3) is 5.91 Å². The Hall–Kier alpha value is -1.56. The van der Waals surface area contributed by atoms with Crippen LogP contribution in [0.5, 0.6) is 0 Å². The highest BCUT2D eigenvalue weighted by atomic mass is 19.4. The smallest absolute Gasteiger partial charge is 0.396 e. The molecule has 0 aromatic heterocycles. The molecule has 1 aromatic carbocycles. The molecule has 0 bridgehead atoms. The molecule has 3 nitrogen and oxygen atoms in total. The van der Waals surface area contributed by atoms with Crippen molar-refractivity contribution in [3.63, 3.8) is 0 Å². The molecule has 0 aliphatic carbocycles. The first kappa shape index (κ1) is 17.5. The largest absolute Gasteiger partial charge is 0.416 e. The second kappa shape index (κ2) is 6.93. The van der Waals surface area contributed by atoms with Crippen molar-refractivity contribution in [2.75, 3.05) is 13.2 Å². The standard InChI is InChI=1S/C15H20F3NO2/c1-14(2,8-3-9-20)10-19-13(21)11-4-6-12(7-5-11)15(16,17)18/h4-7,20H,3,8-10H2,1-2H3,(H,19,21). The normalized spacial score (nSPS) is 12.3. The van der Waals surface area contributed by atoms with E-state index in [2.05, 4.69) is 5.32 Å². The van der Waals surface area contributed by atoms with Crippen LogP contribution < -0.4 is 5.32 Å². The highest BCUT2D eigenvalue weighted by Crippen LogP contribution is 2.29. The lowest BCUT2D eigenvalue weighted by Crippen LogP contribution is -2.34. The predicted octanol–water partition coefficient (Wildman–Crippen LogP) is 3.23. The van der Waals surface area contributed by atoms with Crippen LogP contribution in [0.25, 0.3) is 0 Å². The number of rotatable bonds is 6. The molecule has 0 atom stereocenters. The van der Waals surface area contributed by atoms with E-state index in [-0.39, 0.29) is 17.6 Å². The van der Waals surface area contributed by atoms with Crippen LogP contribution in [0.1, 0.15) is 42.6 Å². The minimum absolute atomic E-state index is 0.0935. The van der Waals surface area contributed by atoms with E-state index < -0.39 is 17.6 Å². The number of hydrogen-bond acceptors (Lipinski definition) is 2. The van der Waals surface area contributed by atoms with Gasteiger partial charge in [-0.1, -0.05) is 13.8 Å². The van der Waals surface area contributed by atoms with Gasteiger partial charge in [-0.15, -0.1) is 0 Å². The summed E-state index contributed by atoms with van der Waals surface area (Å²) in [6.07, 6.45) is -3.01. The molecule has 118 valence electrons. The fourth-order valence-corrected chi connectivity index (χ4v) is 1.88. The van der Waals surface area contributed by atoms with E-state index >= 15 is 0 Å². The summed E-state index contributed by atoms with van der Waals surface area (Å²) in [5, 5.41) is 11.5. The Morgan fingerprint density at radius 2 is 1.76 bits per heavy atom. The molecular weight excluding hydrogens is 283 g/mol. The van der Waals surface area contributed by atoms with E-state index in [1.165, 1.54) is 12.1 Å². The van der Waals surface area contributed by atoms with Gasteiger partial charge < -0.3 is 10.4 Å². The maximum absolute atomic E-state index is 12.4. The Labute approximate surface area is 122 Å². The minimum atomic E-state index is -4.40. The molecule has 1 rings (SSSR count). The van der Waals surface area contributed by atoms with Gasteiger partial charge in [-0.2, -0.15) is 13.2 Å². The van der Waals surface area contributed by atoms with Crippen molar-refractivity contribution in [3.8, 4) is 0 Å². The molecule has 21 heavy (non-hydrogen) atoms. The lowest BCUT2D eigenvalue weighted by atomic mass is 9.88. The average Bonchev–Trinajstić information content (AvgIpc) is 2.42. The molecule has 1 amide bonds. The Balaban J connectivity index is 2.60. The number of aliphatic hydroxyl groups is 1. The highest BCUT2D eigenvalue weighted by Gasteiger charge is 2.30. The number of carbonyl (C=O) groups excluding carboxylic acids is 1. The van der Waals surface area contributed by atoms with Gasteiger partial charge in [-0.3, -0.25) is 4.79 Å².